The summed E-state index contributed by atoms with van der Waals surface area (Å²) >= 11 is 0. The third-order valence-electron chi connectivity index (χ3n) is 6.56. The molecule has 0 amide bonds. The molecule has 36 heavy (non-hydrogen) atoms. The predicted octanol–water partition coefficient (Wildman–Crippen LogP) is 14.0. The van der Waals surface area contributed by atoms with Crippen molar-refractivity contribution in [3.8, 4) is 0 Å². The van der Waals surface area contributed by atoms with E-state index >= 15 is 0 Å². The van der Waals surface area contributed by atoms with Gasteiger partial charge in [0.2, 0.25) is 0 Å². The molecular formula is C36H80. The van der Waals surface area contributed by atoms with E-state index in [-0.39, 0.29) is 0 Å². The van der Waals surface area contributed by atoms with Crippen molar-refractivity contribution in [2.75, 3.05) is 0 Å². The van der Waals surface area contributed by atoms with E-state index in [1.165, 1.54) is 57.8 Å². The first-order valence-electron chi connectivity index (χ1n) is 15.7. The van der Waals surface area contributed by atoms with Gasteiger partial charge in [-0.15, -0.1) is 0 Å². The molecule has 0 heteroatoms. The van der Waals surface area contributed by atoms with Gasteiger partial charge >= 0.3 is 0 Å². The first-order valence-corrected chi connectivity index (χ1v) is 15.7. The van der Waals surface area contributed by atoms with Crippen LogP contribution in [0.4, 0.5) is 0 Å². The summed E-state index contributed by atoms with van der Waals surface area (Å²) in [6, 6.07) is 0. The van der Waals surface area contributed by atoms with Crippen LogP contribution in [-0.2, 0) is 0 Å². The van der Waals surface area contributed by atoms with Crippen LogP contribution in [0.5, 0.6) is 0 Å². The molecule has 0 saturated heterocycles. The predicted molar refractivity (Wildman–Crippen MR) is 174 cm³/mol. The van der Waals surface area contributed by atoms with Crippen molar-refractivity contribution < 1.29 is 0 Å². The highest BCUT2D eigenvalue weighted by molar-refractivity contribution is 4.76. The average molecular weight is 513 g/mol. The summed E-state index contributed by atoms with van der Waals surface area (Å²) in [4.78, 5) is 0. The lowest BCUT2D eigenvalue weighted by molar-refractivity contribution is 0.180. The molecule has 0 unspecified atom stereocenters. The second kappa shape index (κ2) is 20.0. The van der Waals surface area contributed by atoms with Crippen LogP contribution in [-0.4, -0.2) is 0 Å². The maximum absolute atomic E-state index is 2.38. The van der Waals surface area contributed by atoms with Gasteiger partial charge < -0.3 is 0 Å². The average Bonchev–Trinajstić information content (AvgIpc) is 2.59. The topological polar surface area (TPSA) is 0 Å². The van der Waals surface area contributed by atoms with Gasteiger partial charge in [-0.1, -0.05) is 171 Å². The summed E-state index contributed by atoms with van der Waals surface area (Å²) < 4.78 is 0. The molecule has 0 atom stereocenters. The van der Waals surface area contributed by atoms with E-state index in [9.17, 15) is 0 Å². The molecule has 1 aliphatic carbocycles. The second-order valence-electron chi connectivity index (χ2n) is 17.8. The molecule has 0 aromatic carbocycles. The molecule has 1 fully saturated rings. The molecule has 1 rings (SSSR count). The van der Waals surface area contributed by atoms with Crippen molar-refractivity contribution >= 4 is 0 Å². The van der Waals surface area contributed by atoms with E-state index in [0.29, 0.717) is 27.1 Å². The van der Waals surface area contributed by atoms with Crippen molar-refractivity contribution in [3.63, 3.8) is 0 Å². The third-order valence-corrected chi connectivity index (χ3v) is 6.56. The minimum absolute atomic E-state index is 0.500. The molecule has 0 aliphatic heterocycles. The molecule has 0 radical (unpaired) electrons. The van der Waals surface area contributed by atoms with Crippen LogP contribution in [0.1, 0.15) is 196 Å². The van der Waals surface area contributed by atoms with Gasteiger partial charge in [-0.25, -0.2) is 0 Å². The highest BCUT2D eigenvalue weighted by Crippen LogP contribution is 2.37. The van der Waals surface area contributed by atoms with Gasteiger partial charge in [0, 0.05) is 0 Å². The van der Waals surface area contributed by atoms with Crippen LogP contribution in [0.2, 0.25) is 0 Å². The first-order chi connectivity index (χ1) is 15.7. The Morgan fingerprint density at radius 3 is 0.861 bits per heavy atom. The van der Waals surface area contributed by atoms with Gasteiger partial charge in [0.05, 0.1) is 0 Å². The van der Waals surface area contributed by atoms with Gasteiger partial charge in [0.1, 0.15) is 0 Å². The van der Waals surface area contributed by atoms with Crippen molar-refractivity contribution in [2.24, 2.45) is 38.9 Å². The number of hydrogen-bond donors (Lipinski definition) is 0. The monoisotopic (exact) mass is 513 g/mol. The van der Waals surface area contributed by atoms with Crippen molar-refractivity contribution in [1.82, 2.24) is 0 Å². The Morgan fingerprint density at radius 1 is 0.528 bits per heavy atom. The van der Waals surface area contributed by atoms with Gasteiger partial charge in [-0.2, -0.15) is 0 Å². The fourth-order valence-electron chi connectivity index (χ4n) is 3.47. The van der Waals surface area contributed by atoms with Crippen molar-refractivity contribution in [2.45, 2.75) is 196 Å². The number of rotatable bonds is 2. The van der Waals surface area contributed by atoms with E-state index < -0.39 is 0 Å². The van der Waals surface area contributed by atoms with Crippen LogP contribution in [0, 0.1) is 38.9 Å². The van der Waals surface area contributed by atoms with Crippen LogP contribution < -0.4 is 0 Å². The zero-order valence-electron chi connectivity index (χ0n) is 30.0. The van der Waals surface area contributed by atoms with Crippen molar-refractivity contribution in [1.29, 1.82) is 0 Å². The SMILES string of the molecule is CC(C)(C)C.CC(C)(C)C1CCCCC1.CC(C)C(C)(C)C.CCCC(C)(C)C.CCCC(C)(C)C. The third kappa shape index (κ3) is 47.2. The minimum Gasteiger partial charge on any atom is -0.0654 e. The summed E-state index contributed by atoms with van der Waals surface area (Å²) in [5, 5.41) is 0. The van der Waals surface area contributed by atoms with Crippen LogP contribution in [0.15, 0.2) is 0 Å². The molecule has 0 N–H and O–H groups in total. The molecule has 0 aromatic rings. The normalized spacial score (nSPS) is 15.2. The molecule has 1 saturated carbocycles. The maximum Gasteiger partial charge on any atom is -0.0354 e. The molecule has 1 aliphatic rings. The smallest absolute Gasteiger partial charge is 0.0354 e. The lowest BCUT2D eigenvalue weighted by atomic mass is 9.72. The van der Waals surface area contributed by atoms with Crippen LogP contribution >= 0.6 is 0 Å². The number of hydrogen-bond acceptors (Lipinski definition) is 0. The highest BCUT2D eigenvalue weighted by atomic mass is 14.3. The molecule has 0 nitrogen and oxygen atoms in total. The summed E-state index contributed by atoms with van der Waals surface area (Å²) in [6.45, 7) is 45.3. The van der Waals surface area contributed by atoms with Gasteiger partial charge in [0.25, 0.3) is 0 Å². The lowest BCUT2D eigenvalue weighted by Gasteiger charge is -2.33. The first kappa shape index (κ1) is 43.1. The lowest BCUT2D eigenvalue weighted by Crippen LogP contribution is -2.22. The largest absolute Gasteiger partial charge is 0.0654 e. The standard InChI is InChI=1S/C10H20.3C7H16.C5H12/c1-10(2,3)9-7-5-4-6-8-9;1-6(2)7(3,4)5;2*1-5-6-7(2,3)4;1-5(2,3)4/h9H,4-8H2,1-3H3;6H,1-5H3;2*5-6H2,1-4H3;1-4H3. The summed E-state index contributed by atoms with van der Waals surface area (Å²) in [5.41, 5.74) is 2.67. The Balaban J connectivity index is -0.000000181. The van der Waals surface area contributed by atoms with E-state index in [2.05, 4.69) is 138 Å². The maximum atomic E-state index is 2.38. The fourth-order valence-corrected chi connectivity index (χ4v) is 3.47. The Bertz CT molecular complexity index is 417. The van der Waals surface area contributed by atoms with Crippen molar-refractivity contribution in [3.05, 3.63) is 0 Å². The molecule has 0 spiro atoms. The molecule has 0 bridgehead atoms. The highest BCUT2D eigenvalue weighted by Gasteiger charge is 2.25. The molecule has 0 aromatic heterocycles. The van der Waals surface area contributed by atoms with E-state index in [1.54, 1.807) is 0 Å². The fraction of sp³-hybridized carbons (Fsp3) is 1.00. The zero-order chi connectivity index (χ0) is 30.0. The Hall–Kier alpha value is 0. The minimum atomic E-state index is 0.500. The van der Waals surface area contributed by atoms with Gasteiger partial charge in [0.15, 0.2) is 0 Å². The second-order valence-corrected chi connectivity index (χ2v) is 17.8. The van der Waals surface area contributed by atoms with Crippen LogP contribution in [0.3, 0.4) is 0 Å². The van der Waals surface area contributed by atoms with Crippen LogP contribution in [0.25, 0.3) is 0 Å². The molecular weight excluding hydrogens is 432 g/mol. The molecule has 0 heterocycles. The van der Waals surface area contributed by atoms with E-state index in [0.717, 1.165) is 11.8 Å². The summed E-state index contributed by atoms with van der Waals surface area (Å²) in [7, 11) is 0. The Kier molecular flexibility index (Phi) is 23.9. The van der Waals surface area contributed by atoms with Gasteiger partial charge in [-0.05, 0) is 64.6 Å². The summed E-state index contributed by atoms with van der Waals surface area (Å²) in [5.74, 6) is 1.80. The Morgan fingerprint density at radius 2 is 0.778 bits per heavy atom. The zero-order valence-corrected chi connectivity index (χ0v) is 30.0. The van der Waals surface area contributed by atoms with E-state index in [1.807, 2.05) is 0 Å². The quantitative estimate of drug-likeness (QED) is 0.345. The van der Waals surface area contributed by atoms with E-state index in [4.69, 9.17) is 0 Å². The Labute approximate surface area is 235 Å². The molecule has 224 valence electrons. The van der Waals surface area contributed by atoms with Gasteiger partial charge in [-0.3, -0.25) is 0 Å². The summed E-state index contributed by atoms with van der Waals surface area (Å²) in [6.07, 6.45) is 12.7.